The molecule has 0 saturated carbocycles. The van der Waals surface area contributed by atoms with E-state index < -0.39 is 17.9 Å². The molecule has 0 saturated heterocycles. The van der Waals surface area contributed by atoms with Crippen LogP contribution in [0.2, 0.25) is 0 Å². The monoisotopic (exact) mass is 2320 g/mol. The highest BCUT2D eigenvalue weighted by Gasteiger charge is 2.22. The van der Waals surface area contributed by atoms with Gasteiger partial charge in [0.2, 0.25) is 17.7 Å². The van der Waals surface area contributed by atoms with Crippen LogP contribution in [0.15, 0.2) is 71.8 Å². The molecule has 0 spiro atoms. The number of ketones is 13. The van der Waals surface area contributed by atoms with Crippen molar-refractivity contribution in [3.8, 4) is 0 Å². The molecule has 33 nitrogen and oxygen atoms in total. The van der Waals surface area contributed by atoms with Gasteiger partial charge in [-0.15, -0.1) is 0 Å². The fraction of sp³-hybridized carbons (Fsp3) is 0.646. The highest BCUT2D eigenvalue weighted by molar-refractivity contribution is 8.78. The number of Topliss-reactive ketones (excluding diaryl/α,β-unsaturated/α-hetero) is 13. The van der Waals surface area contributed by atoms with Crippen molar-refractivity contribution in [1.29, 1.82) is 0 Å². The molecule has 0 bridgehead atoms. The van der Waals surface area contributed by atoms with Crippen molar-refractivity contribution in [2.45, 2.75) is 244 Å². The van der Waals surface area contributed by atoms with Crippen LogP contribution in [0.5, 0.6) is 0 Å². The molecular formula is C96H158N14O19S16. The Hall–Kier alpha value is -5.26. The number of nitrogens with zero attached hydrogens (tertiary/aromatic N) is 9. The summed E-state index contributed by atoms with van der Waals surface area (Å²) in [5, 5.41) is 24.7. The largest absolute Gasteiger partial charge is 0.480 e. The van der Waals surface area contributed by atoms with E-state index in [1.807, 2.05) is 64.8 Å². The zero-order valence-electron chi connectivity index (χ0n) is 87.3. The summed E-state index contributed by atoms with van der Waals surface area (Å²) < 4.78 is 5.33. The minimum absolute atomic E-state index is 0.00360. The summed E-state index contributed by atoms with van der Waals surface area (Å²) in [5.74, 6) is 11.6. The van der Waals surface area contributed by atoms with Crippen molar-refractivity contribution in [1.82, 2.24) is 25.9 Å². The first-order chi connectivity index (χ1) is 69.7. The number of carbonyl (C=O) groups excluding carboxylic acids is 16. The first kappa shape index (κ1) is 150. The molecule has 0 aromatic carbocycles. The first-order valence-electron chi connectivity index (χ1n) is 47.4. The van der Waals surface area contributed by atoms with Gasteiger partial charge in [0.25, 0.3) is 0 Å². The normalized spacial score (nSPS) is 11.0. The Morgan fingerprint density at radius 2 is 0.731 bits per heavy atom. The Morgan fingerprint density at radius 3 is 1.10 bits per heavy atom. The number of carboxylic acids is 1. The molecule has 822 valence electrons. The number of anilines is 2. The van der Waals surface area contributed by atoms with Crippen LogP contribution in [0.25, 0.3) is 0 Å². The van der Waals surface area contributed by atoms with Gasteiger partial charge in [-0.05, 0) is 168 Å². The number of rotatable bonds is 83. The first-order valence-corrected chi connectivity index (χ1v) is 68.1. The molecule has 1 atom stereocenters. The van der Waals surface area contributed by atoms with E-state index in [1.165, 1.54) is 61.7 Å². The second kappa shape index (κ2) is 117. The molecule has 0 radical (unpaired) electrons. The van der Waals surface area contributed by atoms with Crippen LogP contribution in [0.3, 0.4) is 0 Å². The Balaban J connectivity index is -0.000000387. The number of carboxylic acid groups (broad SMARTS) is 1. The van der Waals surface area contributed by atoms with Gasteiger partial charge in [-0.1, -0.05) is 200 Å². The van der Waals surface area contributed by atoms with Crippen LogP contribution in [-0.4, -0.2) is 316 Å². The fourth-order valence-electron chi connectivity index (χ4n) is 9.19. The van der Waals surface area contributed by atoms with E-state index in [1.54, 1.807) is 216 Å². The zero-order chi connectivity index (χ0) is 110. The molecule has 2 rings (SSSR count). The smallest absolute Gasteiger partial charge is 0.326 e. The quantitative estimate of drug-likeness (QED) is 0.0118. The number of hydrazone groups is 2. The Kier molecular flexibility index (Phi) is 122. The number of pyridine rings is 2. The lowest BCUT2D eigenvalue weighted by molar-refractivity contribution is -0.142. The van der Waals surface area contributed by atoms with Crippen molar-refractivity contribution in [3.63, 3.8) is 0 Å². The number of hydrogen-bond acceptors (Lipinski definition) is 45. The van der Waals surface area contributed by atoms with Gasteiger partial charge in [-0.25, -0.2) is 14.8 Å². The van der Waals surface area contributed by atoms with Crippen molar-refractivity contribution < 1.29 is 91.4 Å². The van der Waals surface area contributed by atoms with Crippen LogP contribution < -0.4 is 26.8 Å². The molecule has 2 aromatic heterocycles. The third-order valence-electron chi connectivity index (χ3n) is 16.4. The topological polar surface area (TPSA) is 492 Å². The number of amides is 3. The zero-order valence-corrected chi connectivity index (χ0v) is 100. The van der Waals surface area contributed by atoms with Gasteiger partial charge in [0.15, 0.2) is 52.0 Å². The average molecular weight is 2330 g/mol. The second-order valence-electron chi connectivity index (χ2n) is 29.3. The number of aromatic nitrogens is 2. The molecule has 2 heterocycles. The van der Waals surface area contributed by atoms with Gasteiger partial charge in [0, 0.05) is 216 Å². The van der Waals surface area contributed by atoms with Crippen LogP contribution >= 0.6 is 173 Å². The molecule has 6 N–H and O–H groups in total. The van der Waals surface area contributed by atoms with Gasteiger partial charge in [0.05, 0.1) is 69.9 Å². The maximum absolute atomic E-state index is 12.1. The Labute approximate surface area is 925 Å². The highest BCUT2D eigenvalue weighted by atomic mass is 33.1. The standard InChI is InChI=1S/C18H27N3O6S2.C17H24N4O2S2.C13H23NO2S2.C12H17N3OS2.C11H21NO3S2.C9H15NO2S2.C8H15NO2S2.C8H16OS2/c1-3-19-10-15(24)6-7-16(18(26)27)21-17(25)12-29-28-8-4-5-14(23)11-20-9-13(2)22;1-3-18-13-15(22)9-11-25-24-10-5-6-16(23)14-7-8-17(19-12-14)21-20-4-2;1-3-6-12(15)7-5-9-17-18-10-8-13(16)11-14-4-2;1-3-14-15-12-7-6-10(9-13-12)11(16)5-4-8-18-17-2;1-3-11(14)4-6-15-7-9-17-16-8-5-12-10(2)13;1-8(11)6-10-7-9(12)4-3-5-14-13-2;1-3-8(11)6-13-12-5-4-9-7(2)10;1-3-5-8(9)6-4-7-11-10-2/h3,11,16H,4-10,12H2,1-2H3,(H,21,25)(H,26,27);3-4,7-8,12H,5-6,9-11,13H2,1-2H3,(H,19,21);4H,3,5-11H2,1-2H3;3,6-7,9H,4-5,8H2,1-2H3,(H,13,15);3-9H2,1-2H3,(H,12,13);7H,3-6H2,1-2H3;3-6H2,1-2H3,(H,9,10);3-7H2,1-2H3/b;18-3?,20-4+;;14-3+;;;;. The van der Waals surface area contributed by atoms with Crippen LogP contribution in [0.4, 0.5) is 11.6 Å². The van der Waals surface area contributed by atoms with Crippen LogP contribution in [-0.2, 0) is 76.7 Å². The average Bonchev–Trinajstić information content (AvgIpc) is 0.888. The summed E-state index contributed by atoms with van der Waals surface area (Å²) in [4.78, 5) is 217. The van der Waals surface area contributed by atoms with E-state index >= 15 is 0 Å². The Bertz CT molecular complexity index is 4040. The number of aliphatic carboxylic acids is 1. The van der Waals surface area contributed by atoms with Crippen LogP contribution in [0, 0.1) is 0 Å². The molecule has 0 aliphatic heterocycles. The van der Waals surface area contributed by atoms with Crippen molar-refractivity contribution in [3.05, 3.63) is 47.8 Å². The van der Waals surface area contributed by atoms with Gasteiger partial charge in [0.1, 0.15) is 40.8 Å². The molecular weight excluding hydrogens is 2170 g/mol. The lowest BCUT2D eigenvalue weighted by atomic mass is 10.1. The lowest BCUT2D eigenvalue weighted by Gasteiger charge is -2.13. The van der Waals surface area contributed by atoms with E-state index in [4.69, 9.17) is 9.84 Å². The molecule has 0 aliphatic carbocycles. The van der Waals surface area contributed by atoms with E-state index in [2.05, 4.69) is 85.1 Å². The summed E-state index contributed by atoms with van der Waals surface area (Å²) in [7, 11) is 26.7. The van der Waals surface area contributed by atoms with Gasteiger partial charge < -0.3 is 25.8 Å². The third kappa shape index (κ3) is 120. The summed E-state index contributed by atoms with van der Waals surface area (Å²) in [6, 6.07) is 5.93. The van der Waals surface area contributed by atoms with E-state index in [9.17, 15) is 81.5 Å². The van der Waals surface area contributed by atoms with Gasteiger partial charge in [-0.2, -0.15) is 10.2 Å². The predicted octanol–water partition coefficient (Wildman–Crippen LogP) is 20.8. The minimum Gasteiger partial charge on any atom is -0.480 e. The SMILES string of the molecule is C/C=N/Nc1ccc(C(=O)CCCSSC)cn1.CC=NCC(=O)CCC(NC(=O)CSSCCCC(=O)C=NCC(C)=O)C(=O)O.CC=NCC(=O)CCSSCCCC(=O)CCC.CC=NCC(=O)CCSSCCCC(=O)c1ccc(N/N=C/C)nc1.CCC(=O)CCOCCSSCCNC(C)=O.CCC(=O)CSSCCNC(C)=O.CCCC(=O)CCCSSC.CSSCCCC(=O)C=NCC(C)=O. The summed E-state index contributed by atoms with van der Waals surface area (Å²) in [5.41, 5.74) is 6.80. The molecule has 2 aromatic rings. The molecule has 0 fully saturated rings. The van der Waals surface area contributed by atoms with E-state index in [0.717, 1.165) is 122 Å². The van der Waals surface area contributed by atoms with Crippen LogP contribution in [0.1, 0.15) is 258 Å². The number of ether oxygens (including phenoxy) is 1. The summed E-state index contributed by atoms with van der Waals surface area (Å²) in [6.07, 6.45) is 34.7. The van der Waals surface area contributed by atoms with Gasteiger partial charge in [-0.3, -0.25) is 113 Å². The summed E-state index contributed by atoms with van der Waals surface area (Å²) in [6.45, 7) is 25.9. The third-order valence-corrected chi connectivity index (χ3v) is 34.2. The molecule has 49 heteroatoms. The van der Waals surface area contributed by atoms with E-state index in [0.29, 0.717) is 156 Å². The minimum atomic E-state index is -1.19. The number of nitrogens with one attached hydrogen (secondary N) is 5. The maximum Gasteiger partial charge on any atom is 0.326 e. The Morgan fingerprint density at radius 1 is 0.366 bits per heavy atom. The number of carbonyl (C=O) groups is 17. The molecule has 3 amide bonds. The number of hydrogen-bond donors (Lipinski definition) is 6. The second-order valence-corrected chi connectivity index (χ2v) is 50.6. The van der Waals surface area contributed by atoms with Crippen molar-refractivity contribution in [2.24, 2.45) is 35.2 Å². The van der Waals surface area contributed by atoms with Crippen molar-refractivity contribution in [2.75, 3.05) is 163 Å². The summed E-state index contributed by atoms with van der Waals surface area (Å²) >= 11 is 0. The van der Waals surface area contributed by atoms with Crippen molar-refractivity contribution >= 4 is 327 Å². The predicted molar refractivity (Wildman–Crippen MR) is 642 cm³/mol. The number of aliphatic imine (C=N–C) groups is 5. The van der Waals surface area contributed by atoms with Gasteiger partial charge >= 0.3 is 5.97 Å². The van der Waals surface area contributed by atoms with E-state index in [-0.39, 0.29) is 120 Å². The molecule has 1 unspecified atom stereocenters. The lowest BCUT2D eigenvalue weighted by Crippen LogP contribution is -2.41. The highest BCUT2D eigenvalue weighted by Crippen LogP contribution is 2.28. The molecule has 145 heavy (non-hydrogen) atoms. The maximum atomic E-state index is 12.1. The fourth-order valence-corrected chi connectivity index (χ4v) is 22.9. The molecule has 0 aliphatic rings.